The Kier molecular flexibility index (Phi) is 5.09. The molecular weight excluding hydrogens is 280 g/mol. The van der Waals surface area contributed by atoms with Crippen LogP contribution in [0.1, 0.15) is 37.1 Å². The molecule has 0 spiro atoms. The van der Waals surface area contributed by atoms with Gasteiger partial charge in [-0.25, -0.2) is 0 Å². The van der Waals surface area contributed by atoms with Crippen LogP contribution in [-0.2, 0) is 0 Å². The van der Waals surface area contributed by atoms with Crippen LogP contribution in [0.25, 0.3) is 0 Å². The fourth-order valence-corrected chi connectivity index (χ4v) is 2.88. The highest BCUT2D eigenvalue weighted by Crippen LogP contribution is 2.28. The molecule has 2 aromatic rings. The summed E-state index contributed by atoms with van der Waals surface area (Å²) in [5.74, 6) is 0.222. The van der Waals surface area contributed by atoms with E-state index in [1.807, 2.05) is 18.4 Å². The zero-order valence-corrected chi connectivity index (χ0v) is 12.2. The van der Waals surface area contributed by atoms with Gasteiger partial charge in [0.1, 0.15) is 5.75 Å². The second-order valence-electron chi connectivity index (χ2n) is 4.58. The topological polar surface area (TPSA) is 21.3 Å². The van der Waals surface area contributed by atoms with Crippen LogP contribution in [0.5, 0.6) is 5.75 Å². The summed E-state index contributed by atoms with van der Waals surface area (Å²) in [6.45, 7) is 1.18. The van der Waals surface area contributed by atoms with Crippen molar-refractivity contribution in [1.82, 2.24) is 5.32 Å². The molecule has 2 rings (SSSR count). The van der Waals surface area contributed by atoms with E-state index in [0.717, 1.165) is 5.56 Å². The second kappa shape index (κ2) is 6.81. The van der Waals surface area contributed by atoms with Crippen LogP contribution in [0.15, 0.2) is 41.1 Å². The normalized spacial score (nSPS) is 14.2. The van der Waals surface area contributed by atoms with Gasteiger partial charge in [-0.05, 0) is 42.3 Å². The van der Waals surface area contributed by atoms with Gasteiger partial charge in [-0.3, -0.25) is 0 Å². The van der Waals surface area contributed by atoms with Gasteiger partial charge in [0.25, 0.3) is 0 Å². The predicted molar refractivity (Wildman–Crippen MR) is 77.4 cm³/mol. The minimum atomic E-state index is -2.81. The van der Waals surface area contributed by atoms with Crippen molar-refractivity contribution < 1.29 is 13.5 Å². The maximum Gasteiger partial charge on any atom is 0.387 e. The van der Waals surface area contributed by atoms with Crippen LogP contribution < -0.4 is 10.1 Å². The molecule has 0 aliphatic rings. The van der Waals surface area contributed by atoms with Crippen LogP contribution in [0.4, 0.5) is 8.78 Å². The summed E-state index contributed by atoms with van der Waals surface area (Å²) in [7, 11) is 0. The number of rotatable bonds is 6. The molecule has 0 radical (unpaired) electrons. The molecule has 20 heavy (non-hydrogen) atoms. The number of ether oxygens (including phenoxy) is 1. The van der Waals surface area contributed by atoms with Crippen molar-refractivity contribution in [2.45, 2.75) is 32.5 Å². The number of nitrogens with one attached hydrogen (secondary N) is 1. The number of thiophene rings is 1. The molecule has 0 bridgehead atoms. The highest BCUT2D eigenvalue weighted by molar-refractivity contribution is 7.07. The fraction of sp³-hybridized carbons (Fsp3) is 0.333. The number of para-hydroxylation sites is 1. The summed E-state index contributed by atoms with van der Waals surface area (Å²) >= 11 is 1.64. The molecule has 1 heterocycles. The smallest absolute Gasteiger partial charge is 0.387 e. The lowest BCUT2D eigenvalue weighted by molar-refractivity contribution is -0.0506. The van der Waals surface area contributed by atoms with E-state index in [0.29, 0.717) is 0 Å². The van der Waals surface area contributed by atoms with E-state index in [4.69, 9.17) is 0 Å². The molecule has 2 atom stereocenters. The largest absolute Gasteiger partial charge is 0.434 e. The molecule has 5 heteroatoms. The van der Waals surface area contributed by atoms with Crippen molar-refractivity contribution in [1.29, 1.82) is 0 Å². The zero-order valence-electron chi connectivity index (χ0n) is 11.3. The molecule has 1 aromatic carbocycles. The van der Waals surface area contributed by atoms with Crippen molar-refractivity contribution >= 4 is 11.3 Å². The van der Waals surface area contributed by atoms with Crippen LogP contribution in [-0.4, -0.2) is 6.61 Å². The van der Waals surface area contributed by atoms with Gasteiger partial charge in [-0.2, -0.15) is 20.1 Å². The average molecular weight is 297 g/mol. The Morgan fingerprint density at radius 2 is 1.85 bits per heavy atom. The Labute approximate surface area is 121 Å². The van der Waals surface area contributed by atoms with Gasteiger partial charge in [0.05, 0.1) is 0 Å². The van der Waals surface area contributed by atoms with E-state index in [-0.39, 0.29) is 17.8 Å². The molecular formula is C15H17F2NOS. The first-order chi connectivity index (χ1) is 9.58. The van der Waals surface area contributed by atoms with Crippen LogP contribution >= 0.6 is 11.3 Å². The third-order valence-corrected chi connectivity index (χ3v) is 3.85. The van der Waals surface area contributed by atoms with E-state index < -0.39 is 6.61 Å². The summed E-state index contributed by atoms with van der Waals surface area (Å²) < 4.78 is 29.4. The third kappa shape index (κ3) is 3.77. The maximum atomic E-state index is 12.4. The van der Waals surface area contributed by atoms with Crippen molar-refractivity contribution in [3.63, 3.8) is 0 Å². The van der Waals surface area contributed by atoms with E-state index in [1.54, 1.807) is 29.5 Å². The summed E-state index contributed by atoms with van der Waals surface area (Å²) in [6, 6.07) is 8.99. The zero-order chi connectivity index (χ0) is 14.5. The lowest BCUT2D eigenvalue weighted by Crippen LogP contribution is -2.23. The van der Waals surface area contributed by atoms with E-state index in [2.05, 4.69) is 28.4 Å². The summed E-state index contributed by atoms with van der Waals surface area (Å²) in [4.78, 5) is 0. The Hall–Kier alpha value is -1.46. The molecule has 0 amide bonds. The van der Waals surface area contributed by atoms with Gasteiger partial charge in [0.2, 0.25) is 0 Å². The maximum absolute atomic E-state index is 12.4. The first-order valence-corrected chi connectivity index (χ1v) is 7.34. The number of benzene rings is 1. The van der Waals surface area contributed by atoms with E-state index in [9.17, 15) is 8.78 Å². The molecule has 0 saturated heterocycles. The summed E-state index contributed by atoms with van der Waals surface area (Å²) in [5.41, 5.74) is 1.92. The van der Waals surface area contributed by atoms with Gasteiger partial charge in [0, 0.05) is 17.6 Å². The van der Waals surface area contributed by atoms with Gasteiger partial charge < -0.3 is 10.1 Å². The third-order valence-electron chi connectivity index (χ3n) is 3.14. The highest BCUT2D eigenvalue weighted by Gasteiger charge is 2.16. The SMILES string of the molecule is CC(NC(C)c1ccccc1OC(F)F)c1ccsc1. The molecule has 1 N–H and O–H groups in total. The van der Waals surface area contributed by atoms with Crippen LogP contribution in [0, 0.1) is 0 Å². The molecule has 0 saturated carbocycles. The predicted octanol–water partition coefficient (Wildman–Crippen LogP) is 4.76. The van der Waals surface area contributed by atoms with Gasteiger partial charge >= 0.3 is 6.61 Å². The standard InChI is InChI=1S/C15H17F2NOS/c1-10(12-7-8-20-9-12)18-11(2)13-5-3-4-6-14(13)19-15(16)17/h3-11,15,18H,1-2H3. The van der Waals surface area contributed by atoms with Crippen molar-refractivity contribution in [3.05, 3.63) is 52.2 Å². The molecule has 2 unspecified atom stereocenters. The first kappa shape index (κ1) is 14.9. The van der Waals surface area contributed by atoms with Crippen LogP contribution in [0.3, 0.4) is 0 Å². The molecule has 0 fully saturated rings. The lowest BCUT2D eigenvalue weighted by Gasteiger charge is -2.22. The van der Waals surface area contributed by atoms with Gasteiger partial charge in [0.15, 0.2) is 0 Å². The molecule has 0 aliphatic heterocycles. The Morgan fingerprint density at radius 3 is 2.50 bits per heavy atom. The Morgan fingerprint density at radius 1 is 1.10 bits per heavy atom. The Balaban J connectivity index is 2.10. The fourth-order valence-electron chi connectivity index (χ4n) is 2.12. The van der Waals surface area contributed by atoms with Gasteiger partial charge in [-0.1, -0.05) is 18.2 Å². The van der Waals surface area contributed by atoms with E-state index in [1.165, 1.54) is 5.56 Å². The lowest BCUT2D eigenvalue weighted by atomic mass is 10.0. The number of hydrogen-bond acceptors (Lipinski definition) is 3. The quantitative estimate of drug-likeness (QED) is 0.830. The summed E-state index contributed by atoms with van der Waals surface area (Å²) in [6.07, 6.45) is 0. The first-order valence-electron chi connectivity index (χ1n) is 6.40. The molecule has 2 nitrogen and oxygen atoms in total. The number of alkyl halides is 2. The van der Waals surface area contributed by atoms with Crippen molar-refractivity contribution in [2.24, 2.45) is 0 Å². The Bertz CT molecular complexity index is 530. The number of halogens is 2. The molecule has 1 aromatic heterocycles. The van der Waals surface area contributed by atoms with Crippen molar-refractivity contribution in [3.8, 4) is 5.75 Å². The average Bonchev–Trinajstić information content (AvgIpc) is 2.92. The summed E-state index contributed by atoms with van der Waals surface area (Å²) in [5, 5.41) is 7.49. The molecule has 108 valence electrons. The van der Waals surface area contributed by atoms with Gasteiger partial charge in [-0.15, -0.1) is 0 Å². The second-order valence-corrected chi connectivity index (χ2v) is 5.36. The monoisotopic (exact) mass is 297 g/mol. The minimum absolute atomic E-state index is 0.0835. The number of hydrogen-bond donors (Lipinski definition) is 1. The van der Waals surface area contributed by atoms with Crippen LogP contribution in [0.2, 0.25) is 0 Å². The minimum Gasteiger partial charge on any atom is -0.434 e. The molecule has 0 aliphatic carbocycles. The van der Waals surface area contributed by atoms with E-state index >= 15 is 0 Å². The highest BCUT2D eigenvalue weighted by atomic mass is 32.1. The van der Waals surface area contributed by atoms with Crippen molar-refractivity contribution in [2.75, 3.05) is 0 Å².